The van der Waals surface area contributed by atoms with Crippen LogP contribution in [-0.4, -0.2) is 67.6 Å². The van der Waals surface area contributed by atoms with E-state index >= 15 is 0 Å². The standard InChI is InChI=1S/C23H35N5O4.HI/c1-23(2,3)27-20(29)16-25-22(24-10-5-12-28-11-4-7-21(28)30)26-17-8-9-18-19(15-17)32-14-6-13-31-18;/h8-9,15H,4-7,10-14,16H2,1-3H3,(H,27,29)(H2,24,25,26);1H. The Bertz CT molecular complexity index is 841. The minimum atomic E-state index is -0.315. The number of fused-ring (bicyclic) bond motifs is 1. The van der Waals surface area contributed by atoms with E-state index in [9.17, 15) is 9.59 Å². The highest BCUT2D eigenvalue weighted by atomic mass is 127. The molecule has 0 atom stereocenters. The van der Waals surface area contributed by atoms with Crippen molar-refractivity contribution in [1.82, 2.24) is 15.5 Å². The summed E-state index contributed by atoms with van der Waals surface area (Å²) in [5.74, 6) is 1.98. The monoisotopic (exact) mass is 573 g/mol. The highest BCUT2D eigenvalue weighted by Gasteiger charge is 2.19. The molecule has 0 aromatic heterocycles. The van der Waals surface area contributed by atoms with Crippen molar-refractivity contribution in [2.75, 3.05) is 44.7 Å². The number of rotatable bonds is 7. The number of nitrogens with zero attached hydrogens (tertiary/aromatic N) is 2. The van der Waals surface area contributed by atoms with E-state index in [1.54, 1.807) is 0 Å². The highest BCUT2D eigenvalue weighted by molar-refractivity contribution is 14.0. The first-order valence-electron chi connectivity index (χ1n) is 11.3. The largest absolute Gasteiger partial charge is 0.490 e. The van der Waals surface area contributed by atoms with Crippen molar-refractivity contribution in [2.45, 2.75) is 52.0 Å². The van der Waals surface area contributed by atoms with Gasteiger partial charge in [0, 0.05) is 49.8 Å². The average Bonchev–Trinajstić information content (AvgIpc) is 2.99. The molecule has 1 saturated heterocycles. The molecule has 0 saturated carbocycles. The number of guanidine groups is 1. The Balaban J connectivity index is 0.00000385. The van der Waals surface area contributed by atoms with E-state index < -0.39 is 0 Å². The number of ether oxygens (including phenoxy) is 2. The number of anilines is 1. The maximum Gasteiger partial charge on any atom is 0.242 e. The molecule has 2 aliphatic rings. The zero-order valence-corrected chi connectivity index (χ0v) is 22.1. The summed E-state index contributed by atoms with van der Waals surface area (Å²) >= 11 is 0. The second-order valence-electron chi connectivity index (χ2n) is 9.06. The lowest BCUT2D eigenvalue weighted by atomic mass is 10.1. The zero-order chi connectivity index (χ0) is 23.0. The van der Waals surface area contributed by atoms with Gasteiger partial charge in [-0.25, -0.2) is 4.99 Å². The second-order valence-corrected chi connectivity index (χ2v) is 9.06. The van der Waals surface area contributed by atoms with Crippen LogP contribution in [-0.2, 0) is 9.59 Å². The SMILES string of the molecule is CC(C)(C)NC(=O)CN=C(NCCCN1CCCC1=O)Nc1ccc2c(c1)OCCCO2.I. The van der Waals surface area contributed by atoms with E-state index in [1.807, 2.05) is 43.9 Å². The molecule has 2 aliphatic heterocycles. The van der Waals surface area contributed by atoms with Gasteiger partial charge in [0.15, 0.2) is 17.5 Å². The van der Waals surface area contributed by atoms with Gasteiger partial charge >= 0.3 is 0 Å². The van der Waals surface area contributed by atoms with Crippen LogP contribution >= 0.6 is 24.0 Å². The lowest BCUT2D eigenvalue weighted by Crippen LogP contribution is -2.42. The molecule has 9 nitrogen and oxygen atoms in total. The highest BCUT2D eigenvalue weighted by Crippen LogP contribution is 2.32. The topological polar surface area (TPSA) is 104 Å². The van der Waals surface area contributed by atoms with Gasteiger partial charge in [-0.2, -0.15) is 0 Å². The predicted octanol–water partition coefficient (Wildman–Crippen LogP) is 2.75. The molecule has 3 N–H and O–H groups in total. The molecule has 2 amide bonds. The summed E-state index contributed by atoms with van der Waals surface area (Å²) in [5.41, 5.74) is 0.469. The van der Waals surface area contributed by atoms with E-state index in [1.165, 1.54) is 0 Å². The molecular weight excluding hydrogens is 537 g/mol. The number of hydrogen-bond donors (Lipinski definition) is 3. The molecule has 0 unspecified atom stereocenters. The number of halogens is 1. The van der Waals surface area contributed by atoms with Crippen LogP contribution in [0.3, 0.4) is 0 Å². The first-order chi connectivity index (χ1) is 15.3. The Morgan fingerprint density at radius 2 is 1.91 bits per heavy atom. The van der Waals surface area contributed by atoms with Gasteiger partial charge in [-0.15, -0.1) is 24.0 Å². The Morgan fingerprint density at radius 1 is 1.15 bits per heavy atom. The molecule has 33 heavy (non-hydrogen) atoms. The Morgan fingerprint density at radius 3 is 2.61 bits per heavy atom. The van der Waals surface area contributed by atoms with Gasteiger partial charge in [-0.05, 0) is 45.7 Å². The number of carbonyl (C=O) groups is 2. The minimum Gasteiger partial charge on any atom is -0.490 e. The molecule has 3 rings (SSSR count). The maximum absolute atomic E-state index is 12.2. The van der Waals surface area contributed by atoms with Crippen LogP contribution in [0.4, 0.5) is 5.69 Å². The van der Waals surface area contributed by atoms with E-state index in [4.69, 9.17) is 9.47 Å². The number of aliphatic imine (C=N–C) groups is 1. The Kier molecular flexibility index (Phi) is 10.5. The van der Waals surface area contributed by atoms with Crippen molar-refractivity contribution >= 4 is 47.4 Å². The normalized spacial score (nSPS) is 16.0. The van der Waals surface area contributed by atoms with Gasteiger partial charge in [-0.3, -0.25) is 9.59 Å². The first kappa shape index (κ1) is 27.0. The third-order valence-corrected chi connectivity index (χ3v) is 4.97. The molecule has 2 heterocycles. The maximum atomic E-state index is 12.2. The van der Waals surface area contributed by atoms with Crippen LogP contribution in [0.25, 0.3) is 0 Å². The van der Waals surface area contributed by atoms with E-state index in [-0.39, 0.29) is 47.9 Å². The molecule has 0 spiro atoms. The van der Waals surface area contributed by atoms with E-state index in [2.05, 4.69) is 20.9 Å². The van der Waals surface area contributed by atoms with Crippen LogP contribution in [0.1, 0.15) is 46.5 Å². The van der Waals surface area contributed by atoms with Crippen LogP contribution in [0.2, 0.25) is 0 Å². The molecule has 0 radical (unpaired) electrons. The minimum absolute atomic E-state index is 0. The van der Waals surface area contributed by atoms with Gasteiger partial charge in [0.2, 0.25) is 11.8 Å². The molecule has 10 heteroatoms. The van der Waals surface area contributed by atoms with Crippen molar-refractivity contribution in [3.05, 3.63) is 18.2 Å². The third-order valence-electron chi connectivity index (χ3n) is 4.97. The fourth-order valence-corrected chi connectivity index (χ4v) is 3.54. The smallest absolute Gasteiger partial charge is 0.242 e. The van der Waals surface area contributed by atoms with E-state index in [0.29, 0.717) is 44.4 Å². The summed E-state index contributed by atoms with van der Waals surface area (Å²) in [4.78, 5) is 30.4. The number of amides is 2. The van der Waals surface area contributed by atoms with Gasteiger partial charge in [0.25, 0.3) is 0 Å². The van der Waals surface area contributed by atoms with Crippen LogP contribution in [0.5, 0.6) is 11.5 Å². The van der Waals surface area contributed by atoms with Crippen molar-refractivity contribution in [2.24, 2.45) is 4.99 Å². The third kappa shape index (κ3) is 9.26. The Hall–Kier alpha value is -2.24. The number of nitrogens with one attached hydrogen (secondary N) is 3. The molecule has 1 aromatic carbocycles. The fraction of sp³-hybridized carbons (Fsp3) is 0.609. The Labute approximate surface area is 213 Å². The summed E-state index contributed by atoms with van der Waals surface area (Å²) in [6.07, 6.45) is 3.22. The zero-order valence-electron chi connectivity index (χ0n) is 19.7. The molecular formula is C23H36IN5O4. The molecule has 184 valence electrons. The molecule has 1 aromatic rings. The van der Waals surface area contributed by atoms with Crippen molar-refractivity contribution in [3.63, 3.8) is 0 Å². The lowest BCUT2D eigenvalue weighted by molar-refractivity contribution is -0.127. The van der Waals surface area contributed by atoms with E-state index in [0.717, 1.165) is 37.2 Å². The summed E-state index contributed by atoms with van der Waals surface area (Å²) in [6, 6.07) is 5.63. The molecule has 0 aliphatic carbocycles. The van der Waals surface area contributed by atoms with Crippen molar-refractivity contribution < 1.29 is 19.1 Å². The number of likely N-dealkylation sites (tertiary alicyclic amines) is 1. The fourth-order valence-electron chi connectivity index (χ4n) is 3.54. The number of benzene rings is 1. The second kappa shape index (κ2) is 12.9. The molecule has 1 fully saturated rings. The summed E-state index contributed by atoms with van der Waals surface area (Å²) in [5, 5.41) is 9.43. The summed E-state index contributed by atoms with van der Waals surface area (Å²) in [7, 11) is 0. The van der Waals surface area contributed by atoms with Crippen LogP contribution in [0.15, 0.2) is 23.2 Å². The quantitative estimate of drug-likeness (QED) is 0.201. The predicted molar refractivity (Wildman–Crippen MR) is 140 cm³/mol. The van der Waals surface area contributed by atoms with Gasteiger partial charge in [0.1, 0.15) is 6.54 Å². The average molecular weight is 573 g/mol. The van der Waals surface area contributed by atoms with Crippen LogP contribution < -0.4 is 25.4 Å². The number of carbonyl (C=O) groups excluding carboxylic acids is 2. The van der Waals surface area contributed by atoms with Crippen molar-refractivity contribution in [3.8, 4) is 11.5 Å². The molecule has 0 bridgehead atoms. The van der Waals surface area contributed by atoms with Crippen LogP contribution in [0, 0.1) is 0 Å². The first-order valence-corrected chi connectivity index (χ1v) is 11.3. The summed E-state index contributed by atoms with van der Waals surface area (Å²) in [6.45, 7) is 9.23. The van der Waals surface area contributed by atoms with Gasteiger partial charge in [0.05, 0.1) is 13.2 Å². The lowest BCUT2D eigenvalue weighted by Gasteiger charge is -2.20. The summed E-state index contributed by atoms with van der Waals surface area (Å²) < 4.78 is 11.4. The van der Waals surface area contributed by atoms with Crippen molar-refractivity contribution in [1.29, 1.82) is 0 Å². The van der Waals surface area contributed by atoms with Gasteiger partial charge < -0.3 is 30.3 Å². The number of hydrogen-bond acceptors (Lipinski definition) is 5. The van der Waals surface area contributed by atoms with Gasteiger partial charge in [-0.1, -0.05) is 0 Å².